The number of thiazole rings is 1. The van der Waals surface area contributed by atoms with Crippen LogP contribution < -0.4 is 0 Å². The van der Waals surface area contributed by atoms with Crippen LogP contribution in [0.5, 0.6) is 0 Å². The van der Waals surface area contributed by atoms with Crippen molar-refractivity contribution in [1.29, 1.82) is 0 Å². The standard InChI is InChI=1S/C23H20N2OS/c1-15-22(19-12-11-16-7-5-6-10-18(16)13-19)25-20(14-26)21(24-23(25)27-15)17-8-3-2-4-9-17/h2-4,8-9,11-14H,5-7,10H2,1H3. The summed E-state index contributed by atoms with van der Waals surface area (Å²) >= 11 is 1.65. The van der Waals surface area contributed by atoms with Crippen molar-refractivity contribution in [1.82, 2.24) is 9.38 Å². The lowest BCUT2D eigenvalue weighted by atomic mass is 9.90. The molecule has 1 aliphatic rings. The molecule has 134 valence electrons. The molecule has 0 aliphatic heterocycles. The second kappa shape index (κ2) is 6.46. The molecule has 0 radical (unpaired) electrons. The molecule has 0 N–H and O–H groups in total. The average Bonchev–Trinajstić information content (AvgIpc) is 3.22. The fourth-order valence-corrected chi connectivity index (χ4v) is 5.17. The Morgan fingerprint density at radius 3 is 2.56 bits per heavy atom. The van der Waals surface area contributed by atoms with Crippen LogP contribution >= 0.6 is 11.3 Å². The zero-order valence-corrected chi connectivity index (χ0v) is 16.1. The molecule has 0 fully saturated rings. The smallest absolute Gasteiger partial charge is 0.195 e. The van der Waals surface area contributed by atoms with Gasteiger partial charge in [-0.15, -0.1) is 11.3 Å². The monoisotopic (exact) mass is 372 g/mol. The fourth-order valence-electron chi connectivity index (χ4n) is 4.17. The minimum Gasteiger partial charge on any atom is -0.296 e. The number of aryl methyl sites for hydroxylation is 3. The van der Waals surface area contributed by atoms with Gasteiger partial charge in [0, 0.05) is 10.4 Å². The second-order valence-electron chi connectivity index (χ2n) is 7.14. The van der Waals surface area contributed by atoms with E-state index in [2.05, 4.69) is 25.1 Å². The van der Waals surface area contributed by atoms with E-state index in [1.54, 1.807) is 11.3 Å². The lowest BCUT2D eigenvalue weighted by Crippen LogP contribution is -2.03. The van der Waals surface area contributed by atoms with Gasteiger partial charge in [-0.2, -0.15) is 0 Å². The Kier molecular flexibility index (Phi) is 3.94. The number of aromatic nitrogens is 2. The Balaban J connectivity index is 1.74. The van der Waals surface area contributed by atoms with Crippen LogP contribution in [0.1, 0.15) is 39.3 Å². The lowest BCUT2D eigenvalue weighted by Gasteiger charge is -2.17. The molecular weight excluding hydrogens is 352 g/mol. The first-order valence-corrected chi connectivity index (χ1v) is 10.2. The van der Waals surface area contributed by atoms with Gasteiger partial charge < -0.3 is 0 Å². The number of imidazole rings is 1. The van der Waals surface area contributed by atoms with E-state index in [9.17, 15) is 4.79 Å². The Hall–Kier alpha value is -2.72. The minimum atomic E-state index is 0.633. The summed E-state index contributed by atoms with van der Waals surface area (Å²) in [5, 5.41) is 0. The van der Waals surface area contributed by atoms with Crippen molar-refractivity contribution in [3.05, 3.63) is 70.2 Å². The Bertz CT molecular complexity index is 1150. The molecule has 4 heteroatoms. The predicted molar refractivity (Wildman–Crippen MR) is 111 cm³/mol. The summed E-state index contributed by atoms with van der Waals surface area (Å²) in [5.41, 5.74) is 7.57. The van der Waals surface area contributed by atoms with E-state index in [0.29, 0.717) is 5.69 Å². The summed E-state index contributed by atoms with van der Waals surface area (Å²) in [7, 11) is 0. The zero-order valence-electron chi connectivity index (χ0n) is 15.2. The van der Waals surface area contributed by atoms with E-state index < -0.39 is 0 Å². The lowest BCUT2D eigenvalue weighted by molar-refractivity contribution is 0.111. The number of carbonyl (C=O) groups excluding carboxylic acids is 1. The third-order valence-electron chi connectivity index (χ3n) is 5.46. The zero-order chi connectivity index (χ0) is 18.4. The highest BCUT2D eigenvalue weighted by atomic mass is 32.1. The summed E-state index contributed by atoms with van der Waals surface area (Å²) in [5.74, 6) is 0. The van der Waals surface area contributed by atoms with Crippen LogP contribution in [0.4, 0.5) is 0 Å². The first kappa shape index (κ1) is 16.5. The highest BCUT2D eigenvalue weighted by Crippen LogP contribution is 2.37. The van der Waals surface area contributed by atoms with Crippen molar-refractivity contribution in [2.75, 3.05) is 0 Å². The van der Waals surface area contributed by atoms with E-state index in [-0.39, 0.29) is 0 Å². The van der Waals surface area contributed by atoms with Gasteiger partial charge in [0.25, 0.3) is 0 Å². The maximum atomic E-state index is 12.0. The van der Waals surface area contributed by atoms with Gasteiger partial charge in [0.15, 0.2) is 11.2 Å². The molecular formula is C23H20N2OS. The number of hydrogen-bond acceptors (Lipinski definition) is 3. The summed E-state index contributed by atoms with van der Waals surface area (Å²) in [6, 6.07) is 16.7. The van der Waals surface area contributed by atoms with E-state index in [1.165, 1.54) is 40.8 Å². The van der Waals surface area contributed by atoms with Crippen molar-refractivity contribution in [3.63, 3.8) is 0 Å². The van der Waals surface area contributed by atoms with Crippen LogP contribution in [0.2, 0.25) is 0 Å². The summed E-state index contributed by atoms with van der Waals surface area (Å²) < 4.78 is 2.04. The number of benzene rings is 2. The quantitative estimate of drug-likeness (QED) is 0.430. The van der Waals surface area contributed by atoms with Gasteiger partial charge in [-0.1, -0.05) is 42.5 Å². The summed E-state index contributed by atoms with van der Waals surface area (Å²) in [6.45, 7) is 2.12. The molecule has 0 saturated heterocycles. The van der Waals surface area contributed by atoms with Crippen LogP contribution in [0, 0.1) is 6.92 Å². The number of rotatable bonds is 3. The highest BCUT2D eigenvalue weighted by Gasteiger charge is 2.21. The van der Waals surface area contributed by atoms with Crippen molar-refractivity contribution < 1.29 is 4.79 Å². The van der Waals surface area contributed by atoms with Crippen LogP contribution in [0.3, 0.4) is 0 Å². The molecule has 0 amide bonds. The van der Waals surface area contributed by atoms with Crippen LogP contribution in [0.15, 0.2) is 48.5 Å². The van der Waals surface area contributed by atoms with E-state index in [0.717, 1.165) is 34.6 Å². The molecule has 0 bridgehead atoms. The number of hydrogen-bond donors (Lipinski definition) is 0. The van der Waals surface area contributed by atoms with Gasteiger partial charge in [-0.3, -0.25) is 9.20 Å². The normalized spacial score (nSPS) is 13.7. The molecule has 2 aromatic carbocycles. The van der Waals surface area contributed by atoms with Crippen LogP contribution in [-0.4, -0.2) is 15.7 Å². The topological polar surface area (TPSA) is 34.4 Å². The van der Waals surface area contributed by atoms with E-state index in [4.69, 9.17) is 4.98 Å². The minimum absolute atomic E-state index is 0.633. The summed E-state index contributed by atoms with van der Waals surface area (Å²) in [4.78, 5) is 18.9. The third kappa shape index (κ3) is 2.63. The largest absolute Gasteiger partial charge is 0.296 e. The second-order valence-corrected chi connectivity index (χ2v) is 8.33. The van der Waals surface area contributed by atoms with E-state index >= 15 is 0 Å². The Morgan fingerprint density at radius 1 is 1.00 bits per heavy atom. The maximum absolute atomic E-state index is 12.0. The van der Waals surface area contributed by atoms with Gasteiger partial charge in [0.1, 0.15) is 11.4 Å². The first-order valence-electron chi connectivity index (χ1n) is 9.41. The molecule has 3 nitrogen and oxygen atoms in total. The molecule has 27 heavy (non-hydrogen) atoms. The van der Waals surface area contributed by atoms with Crippen LogP contribution in [-0.2, 0) is 12.8 Å². The van der Waals surface area contributed by atoms with Crippen molar-refractivity contribution in [2.45, 2.75) is 32.6 Å². The molecule has 0 atom stereocenters. The van der Waals surface area contributed by atoms with Crippen LogP contribution in [0.25, 0.3) is 27.5 Å². The maximum Gasteiger partial charge on any atom is 0.195 e. The third-order valence-corrected chi connectivity index (χ3v) is 6.42. The molecule has 2 aromatic heterocycles. The number of aldehydes is 1. The SMILES string of the molecule is Cc1sc2nc(-c3ccccc3)c(C=O)n2c1-c1ccc2c(c1)CCCC2. The first-order chi connectivity index (χ1) is 13.3. The summed E-state index contributed by atoms with van der Waals surface area (Å²) in [6.07, 6.45) is 5.81. The molecule has 0 unspecified atom stereocenters. The van der Waals surface area contributed by atoms with Gasteiger partial charge in [-0.05, 0) is 55.4 Å². The number of nitrogens with zero attached hydrogens (tertiary/aromatic N) is 2. The Labute approximate surface area is 162 Å². The van der Waals surface area contributed by atoms with E-state index in [1.807, 2.05) is 34.7 Å². The van der Waals surface area contributed by atoms with Gasteiger partial charge in [-0.25, -0.2) is 4.98 Å². The van der Waals surface area contributed by atoms with Gasteiger partial charge in [0.05, 0.1) is 5.69 Å². The molecule has 4 aromatic rings. The predicted octanol–water partition coefficient (Wildman–Crippen LogP) is 5.73. The van der Waals surface area contributed by atoms with Crippen molar-refractivity contribution >= 4 is 22.6 Å². The van der Waals surface area contributed by atoms with Crippen molar-refractivity contribution in [2.24, 2.45) is 0 Å². The fraction of sp³-hybridized carbons (Fsp3) is 0.217. The molecule has 0 saturated carbocycles. The number of carbonyl (C=O) groups is 1. The molecule has 0 spiro atoms. The molecule has 2 heterocycles. The van der Waals surface area contributed by atoms with Gasteiger partial charge in [0.2, 0.25) is 0 Å². The highest BCUT2D eigenvalue weighted by molar-refractivity contribution is 7.17. The average molecular weight is 372 g/mol. The van der Waals surface area contributed by atoms with Crippen molar-refractivity contribution in [3.8, 4) is 22.5 Å². The van der Waals surface area contributed by atoms with Gasteiger partial charge >= 0.3 is 0 Å². The molecule has 1 aliphatic carbocycles. The molecule has 5 rings (SSSR count). The number of fused-ring (bicyclic) bond motifs is 2. The Morgan fingerprint density at radius 2 is 1.78 bits per heavy atom.